The molecule has 0 radical (unpaired) electrons. The number of amides is 1. The van der Waals surface area contributed by atoms with E-state index in [-0.39, 0.29) is 11.8 Å². The summed E-state index contributed by atoms with van der Waals surface area (Å²) in [5, 5.41) is 0.584. The zero-order valence-electron chi connectivity index (χ0n) is 11.9. The molecule has 0 aromatic heterocycles. The fourth-order valence-electron chi connectivity index (χ4n) is 2.34. The molecule has 3 heteroatoms. The van der Waals surface area contributed by atoms with Gasteiger partial charge in [-0.3, -0.25) is 4.79 Å². The van der Waals surface area contributed by atoms with E-state index in [2.05, 4.69) is 0 Å². The maximum Gasteiger partial charge on any atom is 0.234 e. The molecule has 2 aromatic rings. The average Bonchev–Trinajstić information content (AvgIpc) is 2.46. The van der Waals surface area contributed by atoms with Crippen molar-refractivity contribution < 1.29 is 4.79 Å². The van der Waals surface area contributed by atoms with Crippen molar-refractivity contribution in [2.75, 3.05) is 11.9 Å². The van der Waals surface area contributed by atoms with Gasteiger partial charge in [0, 0.05) is 7.05 Å². The second-order valence-corrected chi connectivity index (χ2v) is 5.33. The molecule has 0 N–H and O–H groups in total. The van der Waals surface area contributed by atoms with E-state index >= 15 is 0 Å². The number of nitrogens with zero attached hydrogens (tertiary/aromatic N) is 1. The number of carbonyl (C=O) groups is 1. The molecule has 2 nitrogen and oxygen atoms in total. The van der Waals surface area contributed by atoms with Crippen LogP contribution in [0.2, 0.25) is 5.02 Å². The van der Waals surface area contributed by atoms with Gasteiger partial charge in [-0.25, -0.2) is 0 Å². The van der Waals surface area contributed by atoms with E-state index in [0.29, 0.717) is 5.02 Å². The highest BCUT2D eigenvalue weighted by Gasteiger charge is 2.22. The highest BCUT2D eigenvalue weighted by atomic mass is 35.5. The van der Waals surface area contributed by atoms with Crippen LogP contribution in [0.25, 0.3) is 0 Å². The number of hydrogen-bond acceptors (Lipinski definition) is 1. The lowest BCUT2D eigenvalue weighted by atomic mass is 9.95. The van der Waals surface area contributed by atoms with Crippen molar-refractivity contribution in [3.8, 4) is 0 Å². The molecule has 0 aliphatic heterocycles. The van der Waals surface area contributed by atoms with Crippen LogP contribution in [-0.2, 0) is 4.79 Å². The molecule has 0 aliphatic rings. The summed E-state index contributed by atoms with van der Waals surface area (Å²) in [5.74, 6) is -0.162. The third-order valence-corrected chi connectivity index (χ3v) is 3.89. The summed E-state index contributed by atoms with van der Waals surface area (Å²) < 4.78 is 0. The first-order valence-corrected chi connectivity index (χ1v) is 6.97. The number of aryl methyl sites for hydroxylation is 1. The predicted molar refractivity (Wildman–Crippen MR) is 84.5 cm³/mol. The van der Waals surface area contributed by atoms with E-state index in [1.807, 2.05) is 56.3 Å². The maximum absolute atomic E-state index is 12.6. The summed E-state index contributed by atoms with van der Waals surface area (Å²) >= 11 is 6.15. The molecule has 0 fully saturated rings. The van der Waals surface area contributed by atoms with Crippen LogP contribution in [0, 0.1) is 6.92 Å². The smallest absolute Gasteiger partial charge is 0.234 e. The highest BCUT2D eigenvalue weighted by molar-refractivity contribution is 6.33. The lowest BCUT2D eigenvalue weighted by Crippen LogP contribution is -2.31. The van der Waals surface area contributed by atoms with Gasteiger partial charge in [-0.2, -0.15) is 0 Å². The van der Waals surface area contributed by atoms with Crippen molar-refractivity contribution in [3.05, 3.63) is 64.7 Å². The van der Waals surface area contributed by atoms with Gasteiger partial charge in [0.2, 0.25) is 5.91 Å². The van der Waals surface area contributed by atoms with Crippen molar-refractivity contribution >= 4 is 23.2 Å². The molecule has 1 amide bonds. The van der Waals surface area contributed by atoms with E-state index in [0.717, 1.165) is 16.8 Å². The second kappa shape index (κ2) is 6.10. The molecule has 104 valence electrons. The minimum atomic E-state index is -0.197. The van der Waals surface area contributed by atoms with Crippen LogP contribution in [0.5, 0.6) is 0 Å². The molecule has 20 heavy (non-hydrogen) atoms. The summed E-state index contributed by atoms with van der Waals surface area (Å²) in [6.45, 7) is 3.95. The Bertz CT molecular complexity index is 570. The minimum Gasteiger partial charge on any atom is -0.314 e. The van der Waals surface area contributed by atoms with Gasteiger partial charge in [-0.05, 0) is 37.1 Å². The Labute approximate surface area is 125 Å². The van der Waals surface area contributed by atoms with Crippen molar-refractivity contribution in [3.63, 3.8) is 0 Å². The lowest BCUT2D eigenvalue weighted by Gasteiger charge is -2.23. The van der Waals surface area contributed by atoms with Crippen molar-refractivity contribution in [1.29, 1.82) is 0 Å². The SMILES string of the molecule is Cc1ccccc1C(C)C(=O)N(C)c1ccccc1Cl. The van der Waals surface area contributed by atoms with Gasteiger partial charge < -0.3 is 4.90 Å². The summed E-state index contributed by atoms with van der Waals surface area (Å²) in [4.78, 5) is 14.2. The Kier molecular flexibility index (Phi) is 4.46. The van der Waals surface area contributed by atoms with Gasteiger partial charge in [0.05, 0.1) is 16.6 Å². The first-order chi connectivity index (χ1) is 9.52. The predicted octanol–water partition coefficient (Wildman–Crippen LogP) is 4.41. The molecular weight excluding hydrogens is 270 g/mol. The lowest BCUT2D eigenvalue weighted by molar-refractivity contribution is -0.119. The van der Waals surface area contributed by atoms with Crippen LogP contribution in [0.4, 0.5) is 5.69 Å². The molecule has 1 atom stereocenters. The monoisotopic (exact) mass is 287 g/mol. The van der Waals surface area contributed by atoms with Gasteiger partial charge >= 0.3 is 0 Å². The minimum absolute atomic E-state index is 0.0346. The third-order valence-electron chi connectivity index (χ3n) is 3.57. The van der Waals surface area contributed by atoms with Gasteiger partial charge in [0.25, 0.3) is 0 Å². The zero-order valence-corrected chi connectivity index (χ0v) is 12.7. The van der Waals surface area contributed by atoms with Crippen LogP contribution < -0.4 is 4.90 Å². The van der Waals surface area contributed by atoms with Crippen LogP contribution >= 0.6 is 11.6 Å². The molecule has 0 saturated heterocycles. The van der Waals surface area contributed by atoms with Gasteiger partial charge in [0.1, 0.15) is 0 Å². The molecule has 2 aromatic carbocycles. The molecule has 0 heterocycles. The number of halogens is 1. The molecule has 0 bridgehead atoms. The maximum atomic E-state index is 12.6. The van der Waals surface area contributed by atoms with E-state index in [1.165, 1.54) is 0 Å². The van der Waals surface area contributed by atoms with Crippen LogP contribution in [0.3, 0.4) is 0 Å². The van der Waals surface area contributed by atoms with Crippen molar-refractivity contribution in [1.82, 2.24) is 0 Å². The fraction of sp³-hybridized carbons (Fsp3) is 0.235. The van der Waals surface area contributed by atoms with Gasteiger partial charge in [-0.1, -0.05) is 48.0 Å². The number of rotatable bonds is 3. The largest absolute Gasteiger partial charge is 0.314 e. The highest BCUT2D eigenvalue weighted by Crippen LogP contribution is 2.28. The first-order valence-electron chi connectivity index (χ1n) is 6.60. The molecule has 0 saturated carbocycles. The average molecular weight is 288 g/mol. The number of hydrogen-bond donors (Lipinski definition) is 0. The van der Waals surface area contributed by atoms with Gasteiger partial charge in [-0.15, -0.1) is 0 Å². The number of anilines is 1. The Morgan fingerprint density at radius 2 is 1.70 bits per heavy atom. The number of para-hydroxylation sites is 1. The topological polar surface area (TPSA) is 20.3 Å². The Morgan fingerprint density at radius 1 is 1.10 bits per heavy atom. The van der Waals surface area contributed by atoms with Crippen LogP contribution in [0.15, 0.2) is 48.5 Å². The molecule has 1 unspecified atom stereocenters. The number of likely N-dealkylation sites (N-methyl/N-ethyl adjacent to an activating group) is 1. The standard InChI is InChI=1S/C17H18ClNO/c1-12-8-4-5-9-14(12)13(2)17(20)19(3)16-11-7-6-10-15(16)18/h4-11,13H,1-3H3. The van der Waals surface area contributed by atoms with E-state index in [9.17, 15) is 4.79 Å². The van der Waals surface area contributed by atoms with Crippen molar-refractivity contribution in [2.45, 2.75) is 19.8 Å². The van der Waals surface area contributed by atoms with Crippen LogP contribution in [0.1, 0.15) is 24.0 Å². The normalized spacial score (nSPS) is 12.0. The fourth-order valence-corrected chi connectivity index (χ4v) is 2.60. The zero-order chi connectivity index (χ0) is 14.7. The van der Waals surface area contributed by atoms with Crippen LogP contribution in [-0.4, -0.2) is 13.0 Å². The summed E-state index contributed by atoms with van der Waals surface area (Å²) in [5.41, 5.74) is 2.91. The summed E-state index contributed by atoms with van der Waals surface area (Å²) in [6, 6.07) is 15.3. The summed E-state index contributed by atoms with van der Waals surface area (Å²) in [6.07, 6.45) is 0. The Morgan fingerprint density at radius 3 is 2.35 bits per heavy atom. The third kappa shape index (κ3) is 2.86. The Hall–Kier alpha value is -1.80. The quantitative estimate of drug-likeness (QED) is 0.818. The molecular formula is C17H18ClNO. The summed E-state index contributed by atoms with van der Waals surface area (Å²) in [7, 11) is 1.76. The van der Waals surface area contributed by atoms with E-state index in [1.54, 1.807) is 18.0 Å². The van der Waals surface area contributed by atoms with Crippen molar-refractivity contribution in [2.24, 2.45) is 0 Å². The Balaban J connectivity index is 2.28. The number of benzene rings is 2. The molecule has 0 aliphatic carbocycles. The first kappa shape index (κ1) is 14.6. The van der Waals surface area contributed by atoms with E-state index in [4.69, 9.17) is 11.6 Å². The molecule has 0 spiro atoms. The number of carbonyl (C=O) groups excluding carboxylic acids is 1. The van der Waals surface area contributed by atoms with Gasteiger partial charge in [0.15, 0.2) is 0 Å². The van der Waals surface area contributed by atoms with E-state index < -0.39 is 0 Å². The second-order valence-electron chi connectivity index (χ2n) is 4.93. The molecule has 2 rings (SSSR count).